The average Bonchev–Trinajstić information content (AvgIpc) is 2.67. The van der Waals surface area contributed by atoms with E-state index in [9.17, 15) is 18.0 Å². The van der Waals surface area contributed by atoms with Crippen LogP contribution in [0.1, 0.15) is 27.7 Å². The second-order valence-corrected chi connectivity index (χ2v) is 4.92. The molecule has 1 saturated carbocycles. The molecule has 2 nitrogen and oxygen atoms in total. The van der Waals surface area contributed by atoms with E-state index in [1.165, 1.54) is 0 Å². The molecule has 0 aromatic rings. The van der Waals surface area contributed by atoms with Crippen molar-refractivity contribution in [2.24, 2.45) is 17.3 Å². The highest BCUT2D eigenvalue weighted by Crippen LogP contribution is 2.60. The number of ether oxygens (including phenoxy) is 1. The van der Waals surface area contributed by atoms with Crippen molar-refractivity contribution < 1.29 is 22.7 Å². The van der Waals surface area contributed by atoms with Crippen LogP contribution in [0.5, 0.6) is 0 Å². The molecule has 0 saturated heterocycles. The van der Waals surface area contributed by atoms with Crippen LogP contribution in [0.2, 0.25) is 0 Å². The highest BCUT2D eigenvalue weighted by atomic mass is 19.4. The van der Waals surface area contributed by atoms with Crippen molar-refractivity contribution >= 4 is 5.97 Å². The van der Waals surface area contributed by atoms with Crippen molar-refractivity contribution in [2.45, 2.75) is 33.9 Å². The van der Waals surface area contributed by atoms with Crippen molar-refractivity contribution in [1.29, 1.82) is 0 Å². The Morgan fingerprint density at radius 2 is 1.94 bits per heavy atom. The minimum absolute atomic E-state index is 0.250. The van der Waals surface area contributed by atoms with E-state index in [4.69, 9.17) is 4.74 Å². The number of carbonyl (C=O) groups excluding carboxylic acids is 1. The molecule has 0 N–H and O–H groups in total. The number of carbonyl (C=O) groups is 1. The quantitative estimate of drug-likeness (QED) is 0.567. The standard InChI is InChI=1S/C12H17F3O2/c1-5-17-10(16)9-8(11(9,3)4)6-7(2)12(13,14)15/h6,8-9H,5H2,1-4H3/b7-6+/t8-,9-/m0/s1. The molecule has 0 aliphatic heterocycles. The Balaban J connectivity index is 2.79. The molecule has 0 spiro atoms. The highest BCUT2D eigenvalue weighted by Gasteiger charge is 2.61. The van der Waals surface area contributed by atoms with Gasteiger partial charge in [0, 0.05) is 5.57 Å². The third-order valence-corrected chi connectivity index (χ3v) is 3.33. The zero-order valence-electron chi connectivity index (χ0n) is 10.4. The zero-order valence-corrected chi connectivity index (χ0v) is 10.4. The van der Waals surface area contributed by atoms with Crippen LogP contribution in [0.4, 0.5) is 13.2 Å². The first-order valence-corrected chi connectivity index (χ1v) is 5.54. The Bertz CT molecular complexity index is 342. The van der Waals surface area contributed by atoms with Crippen LogP contribution in [0.3, 0.4) is 0 Å². The van der Waals surface area contributed by atoms with Gasteiger partial charge in [-0.15, -0.1) is 0 Å². The van der Waals surface area contributed by atoms with Gasteiger partial charge in [-0.25, -0.2) is 0 Å². The SMILES string of the molecule is CCOC(=O)[C@@H]1[C@H](/C=C(\C)C(F)(F)F)C1(C)C. The lowest BCUT2D eigenvalue weighted by Crippen LogP contribution is -2.11. The molecule has 0 radical (unpaired) electrons. The number of esters is 1. The number of halogens is 3. The van der Waals surface area contributed by atoms with E-state index < -0.39 is 29.1 Å². The maximum atomic E-state index is 12.4. The smallest absolute Gasteiger partial charge is 0.412 e. The molecular weight excluding hydrogens is 233 g/mol. The summed E-state index contributed by atoms with van der Waals surface area (Å²) in [7, 11) is 0. The van der Waals surface area contributed by atoms with Crippen LogP contribution < -0.4 is 0 Å². The second kappa shape index (κ2) is 4.35. The molecule has 0 aromatic carbocycles. The summed E-state index contributed by atoms with van der Waals surface area (Å²) in [6.07, 6.45) is -3.18. The van der Waals surface area contributed by atoms with E-state index in [2.05, 4.69) is 0 Å². The Morgan fingerprint density at radius 1 is 1.41 bits per heavy atom. The molecule has 0 unspecified atom stereocenters. The van der Waals surface area contributed by atoms with Gasteiger partial charge in [0.2, 0.25) is 0 Å². The molecule has 0 aromatic heterocycles. The van der Waals surface area contributed by atoms with Crippen molar-refractivity contribution in [1.82, 2.24) is 0 Å². The van der Waals surface area contributed by atoms with Gasteiger partial charge in [-0.05, 0) is 25.2 Å². The van der Waals surface area contributed by atoms with Gasteiger partial charge < -0.3 is 4.74 Å². The molecule has 0 heterocycles. The minimum Gasteiger partial charge on any atom is -0.466 e. The summed E-state index contributed by atoms with van der Waals surface area (Å²) in [6.45, 7) is 6.51. The van der Waals surface area contributed by atoms with Gasteiger partial charge >= 0.3 is 12.1 Å². The van der Waals surface area contributed by atoms with Gasteiger partial charge in [0.15, 0.2) is 0 Å². The third-order valence-electron chi connectivity index (χ3n) is 3.33. The van der Waals surface area contributed by atoms with Gasteiger partial charge in [-0.1, -0.05) is 19.9 Å². The van der Waals surface area contributed by atoms with Gasteiger partial charge in [-0.3, -0.25) is 4.79 Å². The Morgan fingerprint density at radius 3 is 2.35 bits per heavy atom. The molecule has 5 heteroatoms. The largest absolute Gasteiger partial charge is 0.466 e. The average molecular weight is 250 g/mol. The molecule has 1 aliphatic carbocycles. The lowest BCUT2D eigenvalue weighted by atomic mass is 10.1. The first-order valence-electron chi connectivity index (χ1n) is 5.54. The van der Waals surface area contributed by atoms with Gasteiger partial charge in [0.1, 0.15) is 0 Å². The molecule has 1 rings (SSSR count). The fourth-order valence-corrected chi connectivity index (χ4v) is 2.03. The maximum absolute atomic E-state index is 12.4. The number of hydrogen-bond acceptors (Lipinski definition) is 2. The van der Waals surface area contributed by atoms with Crippen LogP contribution in [0, 0.1) is 17.3 Å². The molecule has 1 aliphatic rings. The van der Waals surface area contributed by atoms with E-state index in [0.29, 0.717) is 0 Å². The van der Waals surface area contributed by atoms with Crippen LogP contribution in [0.15, 0.2) is 11.6 Å². The van der Waals surface area contributed by atoms with Crippen molar-refractivity contribution in [3.8, 4) is 0 Å². The molecule has 2 atom stereocenters. The fourth-order valence-electron chi connectivity index (χ4n) is 2.03. The van der Waals surface area contributed by atoms with E-state index in [1.807, 2.05) is 0 Å². The lowest BCUT2D eigenvalue weighted by molar-refractivity contribution is -0.145. The zero-order chi connectivity index (χ0) is 13.4. The van der Waals surface area contributed by atoms with E-state index >= 15 is 0 Å². The predicted octanol–water partition coefficient (Wildman–Crippen LogP) is 3.33. The first-order chi connectivity index (χ1) is 7.62. The second-order valence-electron chi connectivity index (χ2n) is 4.92. The van der Waals surface area contributed by atoms with Gasteiger partial charge in [-0.2, -0.15) is 13.2 Å². The number of alkyl halides is 3. The summed E-state index contributed by atoms with van der Waals surface area (Å²) in [5, 5.41) is 0. The van der Waals surface area contributed by atoms with Crippen LogP contribution in [-0.4, -0.2) is 18.8 Å². The monoisotopic (exact) mass is 250 g/mol. The third kappa shape index (κ3) is 2.82. The Kier molecular flexibility index (Phi) is 3.60. The van der Waals surface area contributed by atoms with Crippen molar-refractivity contribution in [3.05, 3.63) is 11.6 Å². The van der Waals surface area contributed by atoms with E-state index in [-0.39, 0.29) is 12.5 Å². The molecular formula is C12H17F3O2. The van der Waals surface area contributed by atoms with Crippen LogP contribution in [0.25, 0.3) is 0 Å². The number of hydrogen-bond donors (Lipinski definition) is 0. The summed E-state index contributed by atoms with van der Waals surface area (Å²) in [5.41, 5.74) is -1.10. The highest BCUT2D eigenvalue weighted by molar-refractivity contribution is 5.78. The fraction of sp³-hybridized carbons (Fsp3) is 0.750. The normalized spacial score (nSPS) is 27.8. The molecule has 17 heavy (non-hydrogen) atoms. The molecule has 98 valence electrons. The van der Waals surface area contributed by atoms with E-state index in [0.717, 1.165) is 13.0 Å². The van der Waals surface area contributed by atoms with Gasteiger partial charge in [0.25, 0.3) is 0 Å². The van der Waals surface area contributed by atoms with E-state index in [1.54, 1.807) is 20.8 Å². The summed E-state index contributed by atoms with van der Waals surface area (Å²) in [4.78, 5) is 11.5. The van der Waals surface area contributed by atoms with Crippen LogP contribution >= 0.6 is 0 Å². The molecule has 1 fully saturated rings. The predicted molar refractivity (Wildman–Crippen MR) is 57.2 cm³/mol. The molecule has 0 amide bonds. The number of rotatable bonds is 3. The summed E-state index contributed by atoms with van der Waals surface area (Å²) in [6, 6.07) is 0. The summed E-state index contributed by atoms with van der Waals surface area (Å²) >= 11 is 0. The summed E-state index contributed by atoms with van der Waals surface area (Å²) < 4.78 is 42.0. The molecule has 0 bridgehead atoms. The summed E-state index contributed by atoms with van der Waals surface area (Å²) in [5.74, 6) is -1.25. The van der Waals surface area contributed by atoms with Crippen molar-refractivity contribution in [2.75, 3.05) is 6.61 Å². The van der Waals surface area contributed by atoms with Gasteiger partial charge in [0.05, 0.1) is 12.5 Å². The number of allylic oxidation sites excluding steroid dienone is 2. The Hall–Kier alpha value is -1.00. The topological polar surface area (TPSA) is 26.3 Å². The first kappa shape index (κ1) is 14.1. The Labute approximate surface area is 98.8 Å². The van der Waals surface area contributed by atoms with Crippen molar-refractivity contribution in [3.63, 3.8) is 0 Å². The minimum atomic E-state index is -4.32. The lowest BCUT2D eigenvalue weighted by Gasteiger charge is -2.06. The van der Waals surface area contributed by atoms with Crippen LogP contribution in [-0.2, 0) is 9.53 Å². The maximum Gasteiger partial charge on any atom is 0.412 e.